The fourth-order valence-electron chi connectivity index (χ4n) is 3.00. The first-order chi connectivity index (χ1) is 14.6. The number of anilines is 1. The van der Waals surface area contributed by atoms with Gasteiger partial charge in [0.05, 0.1) is 6.61 Å². The van der Waals surface area contributed by atoms with Crippen molar-refractivity contribution in [2.75, 3.05) is 18.2 Å². The summed E-state index contributed by atoms with van der Waals surface area (Å²) in [5.41, 5.74) is -0.859. The maximum atomic E-state index is 12.5. The van der Waals surface area contributed by atoms with E-state index in [0.717, 1.165) is 13.8 Å². The lowest BCUT2D eigenvalue weighted by Gasteiger charge is -2.40. The highest BCUT2D eigenvalue weighted by Gasteiger charge is 2.47. The molecule has 1 fully saturated rings. The number of rotatable bonds is 7. The van der Waals surface area contributed by atoms with E-state index in [1.807, 2.05) is 0 Å². The highest BCUT2D eigenvalue weighted by molar-refractivity contribution is 7.98. The Hall–Kier alpha value is -2.93. The van der Waals surface area contributed by atoms with Crippen LogP contribution in [0.15, 0.2) is 9.95 Å². The van der Waals surface area contributed by atoms with E-state index in [2.05, 4.69) is 10.3 Å². The molecule has 1 N–H and O–H groups in total. The van der Waals surface area contributed by atoms with Crippen LogP contribution in [-0.2, 0) is 40.4 Å². The molecule has 0 spiro atoms. The Labute approximate surface area is 181 Å². The number of carbonyl (C=O) groups excluding carboxylic acids is 4. The topological polar surface area (TPSA) is 152 Å². The Morgan fingerprint density at radius 3 is 2.23 bits per heavy atom. The largest absolute Gasteiger partial charge is 0.456 e. The van der Waals surface area contributed by atoms with Gasteiger partial charge in [0.1, 0.15) is 11.4 Å². The Bertz CT molecular complexity index is 933. The zero-order chi connectivity index (χ0) is 23.3. The van der Waals surface area contributed by atoms with Gasteiger partial charge in [0, 0.05) is 27.8 Å². The highest BCUT2D eigenvalue weighted by atomic mass is 32.2. The lowest BCUT2D eigenvalue weighted by Crippen LogP contribution is -2.59. The Morgan fingerprint density at radius 2 is 1.71 bits per heavy atom. The summed E-state index contributed by atoms with van der Waals surface area (Å²) in [5.74, 6) is -2.18. The van der Waals surface area contributed by atoms with Gasteiger partial charge in [-0.05, 0) is 6.26 Å². The fourth-order valence-corrected chi connectivity index (χ4v) is 3.54. The third kappa shape index (κ3) is 5.82. The molecule has 170 valence electrons. The lowest BCUT2D eigenvalue weighted by molar-refractivity contribution is -0.221. The van der Waals surface area contributed by atoms with Gasteiger partial charge in [-0.2, -0.15) is 0 Å². The maximum absolute atomic E-state index is 12.5. The molecule has 1 aromatic rings. The summed E-state index contributed by atoms with van der Waals surface area (Å²) < 4.78 is 22.5. The van der Waals surface area contributed by atoms with Crippen LogP contribution in [0.1, 0.15) is 31.1 Å². The second kappa shape index (κ2) is 10.4. The van der Waals surface area contributed by atoms with Gasteiger partial charge < -0.3 is 24.3 Å². The van der Waals surface area contributed by atoms with Gasteiger partial charge in [0.2, 0.25) is 0 Å². The molecule has 1 aliphatic rings. The van der Waals surface area contributed by atoms with Gasteiger partial charge in [-0.25, -0.2) is 4.98 Å². The van der Waals surface area contributed by atoms with E-state index >= 15 is 0 Å². The molecule has 0 saturated carbocycles. The van der Waals surface area contributed by atoms with E-state index in [1.54, 1.807) is 6.26 Å². The van der Waals surface area contributed by atoms with Crippen LogP contribution >= 0.6 is 11.8 Å². The SMILES string of the molecule is CSc1nc(NC2OCC(OC(C)=O)C(OC(C)=O)C2OC(C)=O)c(C=O)c(=O)n1C. The molecule has 2 heterocycles. The van der Waals surface area contributed by atoms with Crippen LogP contribution in [0.5, 0.6) is 0 Å². The third-order valence-corrected chi connectivity index (χ3v) is 4.94. The highest BCUT2D eigenvalue weighted by Crippen LogP contribution is 2.26. The molecule has 2 rings (SSSR count). The number of nitrogens with one attached hydrogen (secondary N) is 1. The molecule has 31 heavy (non-hydrogen) atoms. The Kier molecular flexibility index (Phi) is 8.16. The molecule has 1 aromatic heterocycles. The van der Waals surface area contributed by atoms with Gasteiger partial charge in [-0.3, -0.25) is 28.5 Å². The molecule has 4 unspecified atom stereocenters. The first kappa shape index (κ1) is 24.3. The molecule has 12 nitrogen and oxygen atoms in total. The van der Waals surface area contributed by atoms with E-state index < -0.39 is 48.0 Å². The lowest BCUT2D eigenvalue weighted by atomic mass is 10.0. The van der Waals surface area contributed by atoms with E-state index in [4.69, 9.17) is 18.9 Å². The second-order valence-corrected chi connectivity index (χ2v) is 7.31. The number of thioether (sulfide) groups is 1. The van der Waals surface area contributed by atoms with Crippen molar-refractivity contribution in [1.29, 1.82) is 0 Å². The van der Waals surface area contributed by atoms with E-state index in [9.17, 15) is 24.0 Å². The number of aromatic nitrogens is 2. The minimum absolute atomic E-state index is 0.0999. The average Bonchev–Trinajstić information content (AvgIpc) is 2.68. The van der Waals surface area contributed by atoms with Crippen LogP contribution in [0.2, 0.25) is 0 Å². The molecular weight excluding hydrogens is 434 g/mol. The summed E-state index contributed by atoms with van der Waals surface area (Å²) >= 11 is 1.18. The fraction of sp³-hybridized carbons (Fsp3) is 0.556. The monoisotopic (exact) mass is 457 g/mol. The molecule has 0 aliphatic carbocycles. The number of hydrogen-bond acceptors (Lipinski definition) is 12. The molecular formula is C18H23N3O9S. The van der Waals surface area contributed by atoms with Gasteiger partial charge in [0.15, 0.2) is 36.0 Å². The quantitative estimate of drug-likeness (QED) is 0.191. The molecule has 0 radical (unpaired) electrons. The zero-order valence-corrected chi connectivity index (χ0v) is 18.4. The normalized spacial score (nSPS) is 22.9. The predicted molar refractivity (Wildman–Crippen MR) is 107 cm³/mol. The second-order valence-electron chi connectivity index (χ2n) is 6.54. The maximum Gasteiger partial charge on any atom is 0.303 e. The van der Waals surface area contributed by atoms with Crippen LogP contribution in [-0.4, -0.2) is 71.1 Å². The first-order valence-corrected chi connectivity index (χ1v) is 10.3. The van der Waals surface area contributed by atoms with Crippen LogP contribution in [0.3, 0.4) is 0 Å². The number of ether oxygens (including phenoxy) is 4. The number of hydrogen-bond donors (Lipinski definition) is 1. The summed E-state index contributed by atoms with van der Waals surface area (Å²) in [7, 11) is 1.47. The van der Waals surface area contributed by atoms with E-state index in [-0.39, 0.29) is 18.0 Å². The summed E-state index contributed by atoms with van der Waals surface area (Å²) in [5, 5.41) is 3.09. The minimum atomic E-state index is -1.28. The smallest absolute Gasteiger partial charge is 0.303 e. The minimum Gasteiger partial charge on any atom is -0.456 e. The van der Waals surface area contributed by atoms with Crippen molar-refractivity contribution >= 4 is 41.8 Å². The van der Waals surface area contributed by atoms with Crippen LogP contribution in [0.25, 0.3) is 0 Å². The molecule has 13 heteroatoms. The van der Waals surface area contributed by atoms with Crippen molar-refractivity contribution in [1.82, 2.24) is 9.55 Å². The predicted octanol–water partition coefficient (Wildman–Crippen LogP) is -0.122. The average molecular weight is 457 g/mol. The Morgan fingerprint density at radius 1 is 1.13 bits per heavy atom. The molecule has 0 aromatic carbocycles. The van der Waals surface area contributed by atoms with Crippen molar-refractivity contribution in [3.63, 3.8) is 0 Å². The van der Waals surface area contributed by atoms with Crippen LogP contribution in [0.4, 0.5) is 5.82 Å². The first-order valence-electron chi connectivity index (χ1n) is 9.09. The van der Waals surface area contributed by atoms with E-state index in [0.29, 0.717) is 11.4 Å². The van der Waals surface area contributed by atoms with Crippen LogP contribution in [0, 0.1) is 0 Å². The number of esters is 3. The molecule has 1 aliphatic heterocycles. The van der Waals surface area contributed by atoms with E-state index in [1.165, 1.54) is 30.3 Å². The Balaban J connectivity index is 2.47. The van der Waals surface area contributed by atoms with Gasteiger partial charge in [-0.1, -0.05) is 11.8 Å². The number of aldehydes is 1. The van der Waals surface area contributed by atoms with Crippen LogP contribution < -0.4 is 10.9 Å². The summed E-state index contributed by atoms with van der Waals surface area (Å²) in [6.45, 7) is 3.23. The van der Waals surface area contributed by atoms with Crippen molar-refractivity contribution in [3.8, 4) is 0 Å². The van der Waals surface area contributed by atoms with Gasteiger partial charge in [-0.15, -0.1) is 0 Å². The molecule has 0 amide bonds. The van der Waals surface area contributed by atoms with Crippen molar-refractivity contribution in [2.24, 2.45) is 7.05 Å². The number of carbonyl (C=O) groups is 4. The molecule has 4 atom stereocenters. The molecule has 1 saturated heterocycles. The zero-order valence-electron chi connectivity index (χ0n) is 17.6. The van der Waals surface area contributed by atoms with Gasteiger partial charge >= 0.3 is 17.9 Å². The standard InChI is InChI=1S/C18H23N3O9S/c1-8(23)28-12-7-27-16(14(30-10(3)25)13(12)29-9(2)24)19-15-11(6-22)17(26)21(4)18(20-15)31-5/h6,12-14,16,19H,7H2,1-5H3. The van der Waals surface area contributed by atoms with Crippen molar-refractivity contribution < 1.29 is 38.1 Å². The molecule has 0 bridgehead atoms. The summed E-state index contributed by atoms with van der Waals surface area (Å²) in [6.07, 6.45) is -2.66. The number of nitrogens with zero attached hydrogens (tertiary/aromatic N) is 2. The van der Waals surface area contributed by atoms with Crippen molar-refractivity contribution in [3.05, 3.63) is 15.9 Å². The van der Waals surface area contributed by atoms with Gasteiger partial charge in [0.25, 0.3) is 5.56 Å². The summed E-state index contributed by atoms with van der Waals surface area (Å²) in [6, 6.07) is 0. The van der Waals surface area contributed by atoms with Crippen molar-refractivity contribution in [2.45, 2.75) is 50.5 Å². The third-order valence-electron chi connectivity index (χ3n) is 4.21. The summed E-state index contributed by atoms with van der Waals surface area (Å²) in [4.78, 5) is 63.0.